The Labute approximate surface area is 196 Å². The molecule has 0 aliphatic carbocycles. The van der Waals surface area contributed by atoms with Gasteiger partial charge in [0.05, 0.1) is 12.6 Å². The molecule has 1 amide bonds. The summed E-state index contributed by atoms with van der Waals surface area (Å²) in [4.78, 5) is 15.5. The van der Waals surface area contributed by atoms with E-state index in [0.29, 0.717) is 25.0 Å². The van der Waals surface area contributed by atoms with Crippen LogP contribution in [0.15, 0.2) is 53.5 Å². The molecule has 0 aliphatic heterocycles. The Bertz CT molecular complexity index is 822. The number of rotatable bonds is 8. The first kappa shape index (κ1) is 25.7. The Balaban J connectivity index is 0.00000450. The van der Waals surface area contributed by atoms with Crippen molar-refractivity contribution in [3.8, 4) is 5.75 Å². The molecule has 2 aromatic carbocycles. The maximum atomic E-state index is 11.2. The molecule has 0 aromatic heterocycles. The van der Waals surface area contributed by atoms with E-state index < -0.39 is 0 Å². The fourth-order valence-electron chi connectivity index (χ4n) is 2.75. The lowest BCUT2D eigenvalue weighted by molar-refractivity contribution is -0.114. The number of anilines is 1. The summed E-state index contributed by atoms with van der Waals surface area (Å²) in [5.74, 6) is 2.02. The summed E-state index contributed by atoms with van der Waals surface area (Å²) in [6, 6.07) is 16.0. The number of nitrogens with one attached hydrogen (secondary N) is 3. The lowest BCUT2D eigenvalue weighted by atomic mass is 10.1. The predicted molar refractivity (Wildman–Crippen MR) is 135 cm³/mol. The molecule has 0 spiro atoms. The van der Waals surface area contributed by atoms with Crippen LogP contribution in [0.25, 0.3) is 0 Å². The largest absolute Gasteiger partial charge is 0.493 e. The minimum atomic E-state index is -0.0814. The number of carbonyl (C=O) groups excluding carboxylic acids is 1. The van der Waals surface area contributed by atoms with Gasteiger partial charge in [-0.25, -0.2) is 0 Å². The second-order valence-electron chi connectivity index (χ2n) is 7.45. The van der Waals surface area contributed by atoms with Crippen LogP contribution in [0.4, 0.5) is 5.69 Å². The predicted octanol–water partition coefficient (Wildman–Crippen LogP) is 4.72. The van der Waals surface area contributed by atoms with Crippen LogP contribution in [0.3, 0.4) is 0 Å². The minimum Gasteiger partial charge on any atom is -0.493 e. The Hall–Kier alpha value is -2.29. The summed E-state index contributed by atoms with van der Waals surface area (Å²) >= 11 is 0. The summed E-state index contributed by atoms with van der Waals surface area (Å²) in [5, 5.41) is 9.51. The highest BCUT2D eigenvalue weighted by Crippen LogP contribution is 2.18. The van der Waals surface area contributed by atoms with E-state index in [1.54, 1.807) is 7.05 Å². The van der Waals surface area contributed by atoms with Crippen LogP contribution in [0.1, 0.15) is 44.9 Å². The fraction of sp³-hybridized carbons (Fsp3) is 0.391. The first-order valence-corrected chi connectivity index (χ1v) is 9.94. The number of amides is 1. The lowest BCUT2D eigenvalue weighted by Gasteiger charge is -2.19. The van der Waals surface area contributed by atoms with Gasteiger partial charge in [0.1, 0.15) is 5.75 Å². The zero-order chi connectivity index (χ0) is 21.2. The normalized spacial score (nSPS) is 12.0. The molecular formula is C23H33IN4O2. The van der Waals surface area contributed by atoms with Crippen LogP contribution in [0.5, 0.6) is 5.75 Å². The number of aliphatic imine (C=N–C) groups is 1. The maximum absolute atomic E-state index is 11.2. The summed E-state index contributed by atoms with van der Waals surface area (Å²) in [7, 11) is 1.75. The van der Waals surface area contributed by atoms with E-state index in [-0.39, 0.29) is 35.9 Å². The average Bonchev–Trinajstić information content (AvgIpc) is 2.69. The lowest BCUT2D eigenvalue weighted by Crippen LogP contribution is -2.38. The van der Waals surface area contributed by atoms with Crippen molar-refractivity contribution in [2.45, 2.75) is 40.3 Å². The first-order valence-electron chi connectivity index (χ1n) is 9.94. The average molecular weight is 524 g/mol. The number of benzene rings is 2. The molecule has 2 aromatic rings. The molecule has 0 fully saturated rings. The molecule has 7 heteroatoms. The summed E-state index contributed by atoms with van der Waals surface area (Å²) in [5.41, 5.74) is 2.99. The van der Waals surface area contributed by atoms with Gasteiger partial charge in [0.25, 0.3) is 0 Å². The van der Waals surface area contributed by atoms with Crippen LogP contribution in [-0.2, 0) is 11.3 Å². The summed E-state index contributed by atoms with van der Waals surface area (Å²) < 4.78 is 5.74. The third-order valence-electron chi connectivity index (χ3n) is 4.25. The minimum absolute atomic E-state index is 0. The van der Waals surface area contributed by atoms with E-state index in [4.69, 9.17) is 4.74 Å². The second kappa shape index (κ2) is 13.1. The van der Waals surface area contributed by atoms with Gasteiger partial charge < -0.3 is 20.7 Å². The van der Waals surface area contributed by atoms with Crippen LogP contribution < -0.4 is 20.7 Å². The standard InChI is InChI=1S/C23H32N4O2.HI/c1-16(2)15-29-22-11-9-20(10-12-22)17(3)26-23(24-5)25-14-19-7-6-8-21(13-19)27-18(4)28;/h6-13,16-17H,14-15H2,1-5H3,(H,27,28)(H2,24,25,26);1H. The van der Waals surface area contributed by atoms with Crippen molar-refractivity contribution in [3.63, 3.8) is 0 Å². The zero-order valence-electron chi connectivity index (χ0n) is 18.4. The highest BCUT2D eigenvalue weighted by atomic mass is 127. The highest BCUT2D eigenvalue weighted by Gasteiger charge is 2.09. The highest BCUT2D eigenvalue weighted by molar-refractivity contribution is 14.0. The second-order valence-corrected chi connectivity index (χ2v) is 7.45. The van der Waals surface area contributed by atoms with E-state index in [1.807, 2.05) is 36.4 Å². The van der Waals surface area contributed by atoms with Crippen LogP contribution >= 0.6 is 24.0 Å². The number of nitrogens with zero attached hydrogens (tertiary/aromatic N) is 1. The van der Waals surface area contributed by atoms with Crippen LogP contribution in [-0.4, -0.2) is 25.5 Å². The number of hydrogen-bond acceptors (Lipinski definition) is 3. The summed E-state index contributed by atoms with van der Waals surface area (Å²) in [6.45, 7) is 9.17. The Morgan fingerprint density at radius 2 is 1.80 bits per heavy atom. The van der Waals surface area contributed by atoms with Crippen LogP contribution in [0.2, 0.25) is 0 Å². The topological polar surface area (TPSA) is 74.8 Å². The Morgan fingerprint density at radius 3 is 2.40 bits per heavy atom. The first-order chi connectivity index (χ1) is 13.9. The molecule has 3 N–H and O–H groups in total. The van der Waals surface area contributed by atoms with Gasteiger partial charge >= 0.3 is 0 Å². The van der Waals surface area contributed by atoms with Gasteiger partial charge in [0.2, 0.25) is 5.91 Å². The fourth-order valence-corrected chi connectivity index (χ4v) is 2.75. The molecule has 0 heterocycles. The van der Waals surface area contributed by atoms with Gasteiger partial charge in [-0.1, -0.05) is 38.1 Å². The van der Waals surface area contributed by atoms with Crippen LogP contribution in [0, 0.1) is 5.92 Å². The number of hydrogen-bond donors (Lipinski definition) is 3. The van der Waals surface area contributed by atoms with Crippen molar-refractivity contribution in [2.24, 2.45) is 10.9 Å². The number of guanidine groups is 1. The van der Waals surface area contributed by atoms with Crippen molar-refractivity contribution in [1.82, 2.24) is 10.6 Å². The smallest absolute Gasteiger partial charge is 0.221 e. The molecule has 0 bridgehead atoms. The molecule has 0 saturated carbocycles. The quantitative estimate of drug-likeness (QED) is 0.265. The van der Waals surface area contributed by atoms with Gasteiger partial charge in [0, 0.05) is 26.2 Å². The van der Waals surface area contributed by atoms with E-state index in [0.717, 1.165) is 22.6 Å². The summed E-state index contributed by atoms with van der Waals surface area (Å²) in [6.07, 6.45) is 0. The number of carbonyl (C=O) groups is 1. The van der Waals surface area contributed by atoms with Gasteiger partial charge in [-0.05, 0) is 48.2 Å². The Kier molecular flexibility index (Phi) is 11.2. The Morgan fingerprint density at radius 1 is 1.10 bits per heavy atom. The van der Waals surface area contributed by atoms with Gasteiger partial charge in [-0.15, -0.1) is 24.0 Å². The van der Waals surface area contributed by atoms with E-state index in [1.165, 1.54) is 6.92 Å². The maximum Gasteiger partial charge on any atom is 0.221 e. The SMILES string of the molecule is CN=C(NCc1cccc(NC(C)=O)c1)NC(C)c1ccc(OCC(C)C)cc1.I. The third kappa shape index (κ3) is 9.02. The third-order valence-corrected chi connectivity index (χ3v) is 4.25. The number of halogens is 1. The molecule has 30 heavy (non-hydrogen) atoms. The zero-order valence-corrected chi connectivity index (χ0v) is 20.7. The van der Waals surface area contributed by atoms with E-state index >= 15 is 0 Å². The van der Waals surface area contributed by atoms with Crippen molar-refractivity contribution < 1.29 is 9.53 Å². The molecule has 1 atom stereocenters. The van der Waals surface area contributed by atoms with Crippen molar-refractivity contribution in [2.75, 3.05) is 19.0 Å². The molecule has 0 aliphatic rings. The van der Waals surface area contributed by atoms with Crippen molar-refractivity contribution in [1.29, 1.82) is 0 Å². The molecule has 164 valence electrons. The van der Waals surface area contributed by atoms with E-state index in [9.17, 15) is 4.79 Å². The molecule has 0 saturated heterocycles. The number of ether oxygens (including phenoxy) is 1. The van der Waals surface area contributed by atoms with Gasteiger partial charge in [-0.2, -0.15) is 0 Å². The van der Waals surface area contributed by atoms with Crippen molar-refractivity contribution in [3.05, 3.63) is 59.7 Å². The van der Waals surface area contributed by atoms with Crippen molar-refractivity contribution >= 4 is 41.5 Å². The molecule has 1 unspecified atom stereocenters. The molecule has 2 rings (SSSR count). The van der Waals surface area contributed by atoms with E-state index in [2.05, 4.69) is 53.8 Å². The molecular weight excluding hydrogens is 491 g/mol. The monoisotopic (exact) mass is 524 g/mol. The molecule has 0 radical (unpaired) electrons. The molecule has 6 nitrogen and oxygen atoms in total. The van der Waals surface area contributed by atoms with Gasteiger partial charge in [-0.3, -0.25) is 9.79 Å². The van der Waals surface area contributed by atoms with Gasteiger partial charge in [0.15, 0.2) is 5.96 Å².